The molecule has 1 unspecified atom stereocenters. The number of carboxylic acid groups (broad SMARTS) is 1. The number of rotatable bonds is 13. The van der Waals surface area contributed by atoms with Crippen LogP contribution in [0, 0.1) is 11.3 Å². The van der Waals surface area contributed by atoms with E-state index in [1.54, 1.807) is 0 Å². The summed E-state index contributed by atoms with van der Waals surface area (Å²) in [7, 11) is 0. The Morgan fingerprint density at radius 2 is 1.92 bits per heavy atom. The van der Waals surface area contributed by atoms with Crippen LogP contribution in [0.15, 0.2) is 18.2 Å². The van der Waals surface area contributed by atoms with Crippen LogP contribution >= 0.6 is 0 Å². The van der Waals surface area contributed by atoms with Gasteiger partial charge in [0.1, 0.15) is 0 Å². The summed E-state index contributed by atoms with van der Waals surface area (Å²) in [6.07, 6.45) is 3.60. The molecular weight excluding hydrogens is 500 g/mol. The predicted molar refractivity (Wildman–Crippen MR) is 147 cm³/mol. The number of hydrogen-bond acceptors (Lipinski definition) is 7. The molecule has 1 aromatic rings. The minimum Gasteiger partial charge on any atom is -0.481 e. The van der Waals surface area contributed by atoms with Gasteiger partial charge >= 0.3 is 5.97 Å². The number of likely N-dealkylation sites (tertiary alicyclic amines) is 2. The summed E-state index contributed by atoms with van der Waals surface area (Å²) in [5.74, 6) is -0.584. The second-order valence-electron chi connectivity index (χ2n) is 11.9. The molecule has 10 nitrogen and oxygen atoms in total. The maximum Gasteiger partial charge on any atom is 0.308 e. The Kier molecular flexibility index (Phi) is 9.38. The second-order valence-corrected chi connectivity index (χ2v) is 11.9. The molecule has 0 aliphatic carbocycles. The van der Waals surface area contributed by atoms with Gasteiger partial charge in [0.05, 0.1) is 12.5 Å². The molecule has 0 spiro atoms. The van der Waals surface area contributed by atoms with E-state index in [0.29, 0.717) is 63.6 Å². The van der Waals surface area contributed by atoms with E-state index in [4.69, 9.17) is 15.2 Å². The number of fused-ring (bicyclic) bond motifs is 1. The van der Waals surface area contributed by atoms with Crippen LogP contribution in [0.1, 0.15) is 64.4 Å². The van der Waals surface area contributed by atoms with Crippen molar-refractivity contribution in [2.75, 3.05) is 52.6 Å². The van der Waals surface area contributed by atoms with E-state index in [9.17, 15) is 19.5 Å². The zero-order chi connectivity index (χ0) is 28.2. The molecular formula is C29H44N4O6. The van der Waals surface area contributed by atoms with Gasteiger partial charge in [0.2, 0.25) is 18.6 Å². The van der Waals surface area contributed by atoms with Gasteiger partial charge in [-0.15, -0.1) is 0 Å². The summed E-state index contributed by atoms with van der Waals surface area (Å²) < 4.78 is 11.0. The molecule has 39 heavy (non-hydrogen) atoms. The van der Waals surface area contributed by atoms with Crippen LogP contribution in [0.2, 0.25) is 0 Å². The number of aliphatic carboxylic acids is 1. The lowest BCUT2D eigenvalue weighted by atomic mass is 9.84. The first-order chi connectivity index (χ1) is 18.6. The Bertz CT molecular complexity index is 1040. The third kappa shape index (κ3) is 6.84. The van der Waals surface area contributed by atoms with E-state index >= 15 is 0 Å². The summed E-state index contributed by atoms with van der Waals surface area (Å²) in [5.41, 5.74) is 6.50. The molecule has 3 heterocycles. The lowest BCUT2D eigenvalue weighted by Crippen LogP contribution is -2.46. The number of carboxylic acids is 1. The fourth-order valence-electron chi connectivity index (χ4n) is 6.27. The molecule has 3 aliphatic heterocycles. The van der Waals surface area contributed by atoms with Crippen molar-refractivity contribution in [3.63, 3.8) is 0 Å². The smallest absolute Gasteiger partial charge is 0.308 e. The van der Waals surface area contributed by atoms with E-state index in [2.05, 4.69) is 20.8 Å². The topological polar surface area (TPSA) is 126 Å². The van der Waals surface area contributed by atoms with Crippen molar-refractivity contribution < 1.29 is 29.0 Å². The molecule has 3 aliphatic rings. The quantitative estimate of drug-likeness (QED) is 0.388. The average molecular weight is 545 g/mol. The fraction of sp³-hybridized carbons (Fsp3) is 0.690. The number of benzene rings is 1. The first-order valence-corrected chi connectivity index (χ1v) is 14.3. The van der Waals surface area contributed by atoms with Gasteiger partial charge in [-0.05, 0) is 48.9 Å². The lowest BCUT2D eigenvalue weighted by Gasteiger charge is -2.31. The van der Waals surface area contributed by atoms with Gasteiger partial charge in [-0.2, -0.15) is 0 Å². The standard InChI is InChI=1S/C29H44N4O6/c1-4-5-11-31(12-6-10-30)26(35)17-33-16-21(20-7-8-23-24(14-20)39-19-38-23)27(28(36)37)22(33)9-13-32-18-29(2,3)15-25(32)34/h7-8,14,21-22,27H,4-6,9-13,15-19,30H2,1-3H3,(H,36,37)/t21-,22+,27?/m1/s1. The summed E-state index contributed by atoms with van der Waals surface area (Å²) >= 11 is 0. The first-order valence-electron chi connectivity index (χ1n) is 14.3. The Morgan fingerprint density at radius 3 is 2.59 bits per heavy atom. The highest BCUT2D eigenvalue weighted by Gasteiger charge is 2.48. The largest absolute Gasteiger partial charge is 0.481 e. The highest BCUT2D eigenvalue weighted by Crippen LogP contribution is 2.43. The van der Waals surface area contributed by atoms with Gasteiger partial charge in [-0.25, -0.2) is 0 Å². The number of hydrogen-bond donors (Lipinski definition) is 2. The molecule has 216 valence electrons. The molecule has 0 saturated carbocycles. The van der Waals surface area contributed by atoms with E-state index in [1.165, 1.54) is 0 Å². The number of amides is 2. The predicted octanol–water partition coefficient (Wildman–Crippen LogP) is 2.51. The van der Waals surface area contributed by atoms with Crippen LogP contribution in [-0.4, -0.2) is 96.2 Å². The normalized spacial score (nSPS) is 23.9. The minimum atomic E-state index is -0.892. The number of unbranched alkanes of at least 4 members (excludes halogenated alkanes) is 1. The van der Waals surface area contributed by atoms with Crippen molar-refractivity contribution in [1.29, 1.82) is 0 Å². The number of nitrogens with two attached hydrogens (primary N) is 1. The van der Waals surface area contributed by atoms with Crippen LogP contribution in [-0.2, 0) is 14.4 Å². The maximum absolute atomic E-state index is 13.5. The van der Waals surface area contributed by atoms with Crippen molar-refractivity contribution in [3.8, 4) is 11.5 Å². The van der Waals surface area contributed by atoms with Gasteiger partial charge in [-0.1, -0.05) is 33.3 Å². The molecule has 10 heteroatoms. The van der Waals surface area contributed by atoms with E-state index in [-0.39, 0.29) is 42.5 Å². The molecule has 0 radical (unpaired) electrons. The van der Waals surface area contributed by atoms with Gasteiger partial charge in [0, 0.05) is 51.1 Å². The molecule has 4 rings (SSSR count). The van der Waals surface area contributed by atoms with Crippen LogP contribution in [0.5, 0.6) is 11.5 Å². The van der Waals surface area contributed by atoms with E-state index < -0.39 is 11.9 Å². The Balaban J connectivity index is 1.58. The monoisotopic (exact) mass is 544 g/mol. The molecule has 3 atom stereocenters. The minimum absolute atomic E-state index is 0.00393. The summed E-state index contributed by atoms with van der Waals surface area (Å²) in [4.78, 5) is 44.7. The molecule has 1 aromatic carbocycles. The molecule has 0 bridgehead atoms. The second kappa shape index (κ2) is 12.6. The van der Waals surface area contributed by atoms with Gasteiger partial charge < -0.3 is 30.1 Å². The number of carbonyl (C=O) groups is 3. The van der Waals surface area contributed by atoms with Crippen molar-refractivity contribution in [3.05, 3.63) is 23.8 Å². The highest BCUT2D eigenvalue weighted by molar-refractivity contribution is 5.80. The summed E-state index contributed by atoms with van der Waals surface area (Å²) in [5, 5.41) is 10.5. The SMILES string of the molecule is CCCCN(CCCN)C(=O)CN1C[C@H](c2ccc3c(c2)OCO3)C(C(=O)O)[C@@H]1CCN1CC(C)(C)CC1=O. The van der Waals surface area contributed by atoms with Crippen molar-refractivity contribution >= 4 is 17.8 Å². The zero-order valence-electron chi connectivity index (χ0n) is 23.6. The molecule has 0 aromatic heterocycles. The van der Waals surface area contributed by atoms with Crippen LogP contribution in [0.4, 0.5) is 0 Å². The summed E-state index contributed by atoms with van der Waals surface area (Å²) in [6, 6.07) is 5.20. The number of nitrogens with zero attached hydrogens (tertiary/aromatic N) is 3. The number of ether oxygens (including phenoxy) is 2. The average Bonchev–Trinajstić information content (AvgIpc) is 3.56. The Labute approximate surface area is 231 Å². The number of carbonyl (C=O) groups excluding carboxylic acids is 2. The highest BCUT2D eigenvalue weighted by atomic mass is 16.7. The first kappa shape index (κ1) is 29.1. The fourth-order valence-corrected chi connectivity index (χ4v) is 6.27. The van der Waals surface area contributed by atoms with Gasteiger partial charge in [-0.3, -0.25) is 19.3 Å². The van der Waals surface area contributed by atoms with E-state index in [0.717, 1.165) is 24.8 Å². The van der Waals surface area contributed by atoms with Crippen LogP contribution < -0.4 is 15.2 Å². The van der Waals surface area contributed by atoms with Crippen molar-refractivity contribution in [1.82, 2.24) is 14.7 Å². The Morgan fingerprint density at radius 1 is 1.18 bits per heavy atom. The molecule has 2 amide bonds. The Hall–Kier alpha value is -2.85. The summed E-state index contributed by atoms with van der Waals surface area (Å²) in [6.45, 7) is 9.87. The molecule has 3 N–H and O–H groups in total. The third-order valence-electron chi connectivity index (χ3n) is 8.26. The lowest BCUT2D eigenvalue weighted by molar-refractivity contribution is -0.144. The third-order valence-corrected chi connectivity index (χ3v) is 8.26. The maximum atomic E-state index is 13.5. The van der Waals surface area contributed by atoms with Crippen molar-refractivity contribution in [2.45, 2.75) is 64.8 Å². The zero-order valence-corrected chi connectivity index (χ0v) is 23.6. The van der Waals surface area contributed by atoms with Crippen LogP contribution in [0.25, 0.3) is 0 Å². The molecule has 2 fully saturated rings. The van der Waals surface area contributed by atoms with Gasteiger partial charge in [0.25, 0.3) is 0 Å². The van der Waals surface area contributed by atoms with E-state index in [1.807, 2.05) is 32.9 Å². The van der Waals surface area contributed by atoms with Gasteiger partial charge in [0.15, 0.2) is 11.5 Å². The van der Waals surface area contributed by atoms with Crippen LogP contribution in [0.3, 0.4) is 0 Å². The van der Waals surface area contributed by atoms with Crippen molar-refractivity contribution in [2.24, 2.45) is 17.1 Å². The molecule has 2 saturated heterocycles.